The molecule has 0 unspecified atom stereocenters. The molecule has 0 bridgehead atoms. The fraction of sp³-hybridized carbons (Fsp3) is 0.692. The molecule has 2 aliphatic carbocycles. The maximum absolute atomic E-state index is 12.9. The van der Waals surface area contributed by atoms with Crippen molar-refractivity contribution in [2.45, 2.75) is 37.9 Å². The Bertz CT molecular complexity index is 495. The van der Waals surface area contributed by atoms with Crippen LogP contribution in [0.4, 0.5) is 24.8 Å². The first kappa shape index (κ1) is 13.5. The zero-order valence-electron chi connectivity index (χ0n) is 11.2. The van der Waals surface area contributed by atoms with Gasteiger partial charge in [-0.25, -0.2) is 9.97 Å². The van der Waals surface area contributed by atoms with Crippen LogP contribution in [0.2, 0.25) is 0 Å². The second kappa shape index (κ2) is 4.79. The topological polar surface area (TPSA) is 41.0 Å². The quantitative estimate of drug-likeness (QED) is 0.903. The van der Waals surface area contributed by atoms with Crippen LogP contribution in [0.15, 0.2) is 6.07 Å². The van der Waals surface area contributed by atoms with Gasteiger partial charge in [-0.1, -0.05) is 0 Å². The molecule has 110 valence electrons. The van der Waals surface area contributed by atoms with Gasteiger partial charge in [0, 0.05) is 25.7 Å². The van der Waals surface area contributed by atoms with E-state index in [0.717, 1.165) is 19.4 Å². The summed E-state index contributed by atoms with van der Waals surface area (Å²) in [6.45, 7) is 0.808. The van der Waals surface area contributed by atoms with Crippen molar-refractivity contribution in [3.05, 3.63) is 11.9 Å². The highest BCUT2D eigenvalue weighted by Gasteiger charge is 2.38. The molecule has 20 heavy (non-hydrogen) atoms. The molecule has 0 spiro atoms. The molecule has 7 heteroatoms. The first-order valence-electron chi connectivity index (χ1n) is 6.88. The second-order valence-electron chi connectivity index (χ2n) is 5.51. The number of anilines is 2. The fourth-order valence-corrected chi connectivity index (χ4v) is 2.23. The number of nitrogens with zero attached hydrogens (tertiary/aromatic N) is 3. The number of aromatic nitrogens is 2. The minimum Gasteiger partial charge on any atom is -0.373 e. The molecule has 0 radical (unpaired) electrons. The lowest BCUT2D eigenvalue weighted by atomic mass is 10.3. The minimum absolute atomic E-state index is 0.212. The van der Waals surface area contributed by atoms with Gasteiger partial charge in [-0.15, -0.1) is 0 Å². The van der Waals surface area contributed by atoms with Crippen molar-refractivity contribution in [3.63, 3.8) is 0 Å². The third-order valence-corrected chi connectivity index (χ3v) is 3.66. The highest BCUT2D eigenvalue weighted by Crippen LogP contribution is 2.38. The highest BCUT2D eigenvalue weighted by molar-refractivity contribution is 5.51. The monoisotopic (exact) mass is 286 g/mol. The van der Waals surface area contributed by atoms with Crippen LogP contribution in [0.5, 0.6) is 0 Å². The first-order valence-corrected chi connectivity index (χ1v) is 6.88. The Balaban J connectivity index is 1.92. The van der Waals surface area contributed by atoms with E-state index in [2.05, 4.69) is 15.3 Å². The molecule has 1 N–H and O–H groups in total. The van der Waals surface area contributed by atoms with E-state index in [1.807, 2.05) is 4.90 Å². The van der Waals surface area contributed by atoms with Crippen molar-refractivity contribution in [1.29, 1.82) is 0 Å². The minimum atomic E-state index is -4.52. The van der Waals surface area contributed by atoms with Gasteiger partial charge in [-0.2, -0.15) is 13.2 Å². The van der Waals surface area contributed by atoms with Crippen LogP contribution in [-0.2, 0) is 6.18 Å². The Hall–Kier alpha value is -1.53. The van der Waals surface area contributed by atoms with E-state index in [1.165, 1.54) is 12.8 Å². The fourth-order valence-electron chi connectivity index (χ4n) is 2.23. The second-order valence-corrected chi connectivity index (χ2v) is 5.51. The van der Waals surface area contributed by atoms with Gasteiger partial charge in [-0.3, -0.25) is 0 Å². The van der Waals surface area contributed by atoms with Gasteiger partial charge in [0.15, 0.2) is 0 Å². The average Bonchev–Trinajstić information content (AvgIpc) is 3.26. The normalized spacial score (nSPS) is 19.0. The summed E-state index contributed by atoms with van der Waals surface area (Å²) in [5.74, 6) is 0.147. The van der Waals surface area contributed by atoms with Crippen LogP contribution in [-0.4, -0.2) is 29.6 Å². The number of halogens is 3. The highest BCUT2D eigenvalue weighted by atomic mass is 19.4. The van der Waals surface area contributed by atoms with E-state index >= 15 is 0 Å². The lowest BCUT2D eigenvalue weighted by molar-refractivity contribution is -0.144. The summed E-state index contributed by atoms with van der Waals surface area (Å²) < 4.78 is 38.6. The van der Waals surface area contributed by atoms with Crippen molar-refractivity contribution < 1.29 is 13.2 Å². The molecule has 2 aliphatic rings. The Labute approximate surface area is 115 Å². The predicted octanol–water partition coefficient (Wildman–Crippen LogP) is 2.92. The van der Waals surface area contributed by atoms with Crippen LogP contribution in [0.3, 0.4) is 0 Å². The Morgan fingerprint density at radius 1 is 1.25 bits per heavy atom. The van der Waals surface area contributed by atoms with Crippen molar-refractivity contribution in [2.24, 2.45) is 5.92 Å². The standard InChI is InChI=1S/C13H17F3N4/c1-17-10-6-11(19-12(18-10)13(14,15)16)20(9-4-5-9)7-8-2-3-8/h6,8-9H,2-5,7H2,1H3,(H,17,18,19). The lowest BCUT2D eigenvalue weighted by Gasteiger charge is -2.24. The third kappa shape index (κ3) is 2.96. The number of alkyl halides is 3. The van der Waals surface area contributed by atoms with Crippen LogP contribution in [0.25, 0.3) is 0 Å². The molecule has 1 heterocycles. The van der Waals surface area contributed by atoms with E-state index in [4.69, 9.17) is 0 Å². The molecule has 0 amide bonds. The molecular weight excluding hydrogens is 269 g/mol. The van der Waals surface area contributed by atoms with Crippen LogP contribution in [0, 0.1) is 5.92 Å². The Morgan fingerprint density at radius 2 is 1.95 bits per heavy atom. The van der Waals surface area contributed by atoms with E-state index in [1.54, 1.807) is 13.1 Å². The van der Waals surface area contributed by atoms with E-state index in [9.17, 15) is 13.2 Å². The number of nitrogens with one attached hydrogen (secondary N) is 1. The van der Waals surface area contributed by atoms with E-state index in [-0.39, 0.29) is 5.82 Å². The van der Waals surface area contributed by atoms with Gasteiger partial charge in [-0.05, 0) is 31.6 Å². The molecule has 1 aromatic heterocycles. The number of hydrogen-bond donors (Lipinski definition) is 1. The van der Waals surface area contributed by atoms with Crippen LogP contribution >= 0.6 is 0 Å². The van der Waals surface area contributed by atoms with Crippen molar-refractivity contribution >= 4 is 11.6 Å². The zero-order chi connectivity index (χ0) is 14.3. The molecule has 0 atom stereocenters. The summed E-state index contributed by atoms with van der Waals surface area (Å²) in [7, 11) is 1.56. The summed E-state index contributed by atoms with van der Waals surface area (Å²) in [4.78, 5) is 9.27. The molecule has 0 aromatic carbocycles. The van der Waals surface area contributed by atoms with E-state index < -0.39 is 12.0 Å². The molecule has 4 nitrogen and oxygen atoms in total. The Kier molecular flexibility index (Phi) is 3.22. The maximum Gasteiger partial charge on any atom is 0.451 e. The van der Waals surface area contributed by atoms with Gasteiger partial charge < -0.3 is 10.2 Å². The molecule has 0 saturated heterocycles. The summed E-state index contributed by atoms with van der Waals surface area (Å²) in [5.41, 5.74) is 0. The van der Waals surface area contributed by atoms with Crippen molar-refractivity contribution in [3.8, 4) is 0 Å². The van der Waals surface area contributed by atoms with Crippen molar-refractivity contribution in [1.82, 2.24) is 9.97 Å². The number of hydrogen-bond acceptors (Lipinski definition) is 4. The molecule has 1 aromatic rings. The van der Waals surface area contributed by atoms with Gasteiger partial charge in [0.2, 0.25) is 5.82 Å². The Morgan fingerprint density at radius 3 is 2.45 bits per heavy atom. The first-order chi connectivity index (χ1) is 9.47. The predicted molar refractivity (Wildman–Crippen MR) is 69.7 cm³/mol. The van der Waals surface area contributed by atoms with Gasteiger partial charge in [0.05, 0.1) is 0 Å². The van der Waals surface area contributed by atoms with Gasteiger partial charge >= 0.3 is 6.18 Å². The zero-order valence-corrected chi connectivity index (χ0v) is 11.2. The average molecular weight is 286 g/mol. The summed E-state index contributed by atoms with van der Waals surface area (Å²) in [6.07, 6.45) is -0.116. The number of rotatable bonds is 5. The SMILES string of the molecule is CNc1cc(N(CC2CC2)C2CC2)nc(C(F)(F)F)n1. The van der Waals surface area contributed by atoms with Crippen LogP contribution in [0.1, 0.15) is 31.5 Å². The summed E-state index contributed by atoms with van der Waals surface area (Å²) in [6, 6.07) is 1.95. The molecule has 2 saturated carbocycles. The maximum atomic E-state index is 12.9. The van der Waals surface area contributed by atoms with Gasteiger partial charge in [0.25, 0.3) is 0 Å². The van der Waals surface area contributed by atoms with E-state index in [0.29, 0.717) is 17.8 Å². The molecule has 2 fully saturated rings. The largest absolute Gasteiger partial charge is 0.451 e. The molecular formula is C13H17F3N4. The smallest absolute Gasteiger partial charge is 0.373 e. The van der Waals surface area contributed by atoms with Crippen molar-refractivity contribution in [2.75, 3.05) is 23.8 Å². The molecule has 3 rings (SSSR count). The summed E-state index contributed by atoms with van der Waals surface area (Å²) >= 11 is 0. The lowest BCUT2D eigenvalue weighted by Crippen LogP contribution is -2.30. The molecule has 0 aliphatic heterocycles. The third-order valence-electron chi connectivity index (χ3n) is 3.66. The van der Waals surface area contributed by atoms with Crippen LogP contribution < -0.4 is 10.2 Å². The summed E-state index contributed by atoms with van der Waals surface area (Å²) in [5, 5.41) is 2.69. The van der Waals surface area contributed by atoms with Gasteiger partial charge in [0.1, 0.15) is 11.6 Å².